The molecule has 134 valence electrons. The summed E-state index contributed by atoms with van der Waals surface area (Å²) in [5, 5.41) is 23.1. The second kappa shape index (κ2) is 6.94. The Balaban J connectivity index is 1.85. The number of anilines is 1. The number of para-hydroxylation sites is 1. The zero-order valence-electron chi connectivity index (χ0n) is 13.3. The van der Waals surface area contributed by atoms with Crippen LogP contribution in [0, 0.1) is 10.1 Å². The van der Waals surface area contributed by atoms with E-state index >= 15 is 0 Å². The van der Waals surface area contributed by atoms with E-state index in [0.29, 0.717) is 11.5 Å². The summed E-state index contributed by atoms with van der Waals surface area (Å²) in [5.74, 6) is 0.551. The predicted octanol–water partition coefficient (Wildman–Crippen LogP) is 2.51. The lowest BCUT2D eigenvalue weighted by atomic mass is 10.1. The fraction of sp³-hybridized carbons (Fsp3) is 0.0625. The zero-order valence-corrected chi connectivity index (χ0v) is 14.1. The van der Waals surface area contributed by atoms with Crippen molar-refractivity contribution in [2.45, 2.75) is 11.4 Å². The van der Waals surface area contributed by atoms with Gasteiger partial charge in [-0.3, -0.25) is 10.1 Å². The van der Waals surface area contributed by atoms with E-state index in [9.17, 15) is 18.5 Å². The predicted molar refractivity (Wildman–Crippen MR) is 93.7 cm³/mol. The maximum Gasteiger partial charge on any atom is 0.312 e. The van der Waals surface area contributed by atoms with Gasteiger partial charge < -0.3 is 9.84 Å². The third-order valence-electron chi connectivity index (χ3n) is 3.57. The molecule has 0 atom stereocenters. The van der Waals surface area contributed by atoms with Gasteiger partial charge in [-0.05, 0) is 12.1 Å². The van der Waals surface area contributed by atoms with Crippen molar-refractivity contribution in [2.75, 3.05) is 5.32 Å². The second-order valence-electron chi connectivity index (χ2n) is 5.36. The van der Waals surface area contributed by atoms with Crippen molar-refractivity contribution in [1.82, 2.24) is 5.16 Å². The van der Waals surface area contributed by atoms with Gasteiger partial charge in [-0.2, -0.15) is 0 Å². The average Bonchev–Trinajstić information content (AvgIpc) is 3.08. The molecule has 0 amide bonds. The van der Waals surface area contributed by atoms with Gasteiger partial charge >= 0.3 is 5.69 Å². The molecule has 0 fully saturated rings. The van der Waals surface area contributed by atoms with Crippen molar-refractivity contribution < 1.29 is 17.9 Å². The SMILES string of the molecule is NS(=O)(=O)c1cccc(NCc2cc(-c3ccccc3)on2)c1[N+](=O)[O-]. The molecule has 2 aromatic carbocycles. The van der Waals surface area contributed by atoms with Crippen molar-refractivity contribution in [3.05, 3.63) is 70.4 Å². The summed E-state index contributed by atoms with van der Waals surface area (Å²) in [6, 6.07) is 14.9. The molecule has 26 heavy (non-hydrogen) atoms. The molecule has 3 N–H and O–H groups in total. The molecule has 0 aliphatic carbocycles. The number of primary sulfonamides is 1. The highest BCUT2D eigenvalue weighted by Crippen LogP contribution is 2.31. The van der Waals surface area contributed by atoms with Gasteiger partial charge in [-0.25, -0.2) is 13.6 Å². The molecule has 0 aliphatic heterocycles. The molecule has 0 bridgehead atoms. The molecule has 0 saturated heterocycles. The lowest BCUT2D eigenvalue weighted by molar-refractivity contribution is -0.386. The monoisotopic (exact) mass is 374 g/mol. The molecule has 3 aromatic rings. The molecule has 0 spiro atoms. The first kappa shape index (κ1) is 17.6. The molecule has 1 aromatic heterocycles. The van der Waals surface area contributed by atoms with Gasteiger partial charge in [0.25, 0.3) is 0 Å². The highest BCUT2D eigenvalue weighted by atomic mass is 32.2. The van der Waals surface area contributed by atoms with E-state index in [4.69, 9.17) is 9.66 Å². The van der Waals surface area contributed by atoms with Crippen molar-refractivity contribution >= 4 is 21.4 Å². The summed E-state index contributed by atoms with van der Waals surface area (Å²) in [6.45, 7) is 0.102. The van der Waals surface area contributed by atoms with E-state index < -0.39 is 25.5 Å². The van der Waals surface area contributed by atoms with Crippen molar-refractivity contribution in [2.24, 2.45) is 5.14 Å². The highest BCUT2D eigenvalue weighted by Gasteiger charge is 2.26. The molecule has 0 radical (unpaired) electrons. The Morgan fingerprint density at radius 3 is 2.54 bits per heavy atom. The van der Waals surface area contributed by atoms with Crippen LogP contribution in [0.15, 0.2) is 64.0 Å². The number of hydrogen-bond acceptors (Lipinski definition) is 7. The Morgan fingerprint density at radius 1 is 1.15 bits per heavy atom. The first-order valence-corrected chi connectivity index (χ1v) is 8.96. The van der Waals surface area contributed by atoms with E-state index in [1.165, 1.54) is 12.1 Å². The van der Waals surface area contributed by atoms with E-state index in [1.807, 2.05) is 30.3 Å². The number of hydrogen-bond donors (Lipinski definition) is 2. The van der Waals surface area contributed by atoms with Crippen molar-refractivity contribution in [3.8, 4) is 11.3 Å². The van der Waals surface area contributed by atoms with Gasteiger partial charge in [0.2, 0.25) is 10.0 Å². The number of nitrogens with one attached hydrogen (secondary N) is 1. The number of rotatable bonds is 6. The first-order chi connectivity index (χ1) is 12.4. The van der Waals surface area contributed by atoms with Crippen LogP contribution in [0.25, 0.3) is 11.3 Å². The minimum atomic E-state index is -4.23. The lowest BCUT2D eigenvalue weighted by Crippen LogP contribution is -2.15. The highest BCUT2D eigenvalue weighted by molar-refractivity contribution is 7.89. The van der Waals surface area contributed by atoms with Crippen LogP contribution >= 0.6 is 0 Å². The Bertz CT molecular complexity index is 1050. The molecule has 3 rings (SSSR count). The fourth-order valence-corrected chi connectivity index (χ4v) is 3.12. The molecular weight excluding hydrogens is 360 g/mol. The Labute approximate surface area is 148 Å². The third-order valence-corrected chi connectivity index (χ3v) is 4.51. The first-order valence-electron chi connectivity index (χ1n) is 7.41. The Kier molecular flexibility index (Phi) is 4.69. The summed E-state index contributed by atoms with van der Waals surface area (Å²) in [5.41, 5.74) is 0.750. The molecule has 0 saturated carbocycles. The molecule has 10 heteroatoms. The standard InChI is InChI=1S/C16H14N4O5S/c17-26(23,24)15-8-4-7-13(16(15)20(21)22)18-10-12-9-14(25-19-12)11-5-2-1-3-6-11/h1-9,18H,10H2,(H2,17,23,24). The molecular formula is C16H14N4O5S. The van der Waals surface area contributed by atoms with Crippen LogP contribution in [-0.4, -0.2) is 18.5 Å². The minimum absolute atomic E-state index is 0.0192. The summed E-state index contributed by atoms with van der Waals surface area (Å²) >= 11 is 0. The van der Waals surface area contributed by atoms with Gasteiger partial charge in [0, 0.05) is 11.6 Å². The molecule has 0 unspecified atom stereocenters. The molecule has 1 heterocycles. The minimum Gasteiger partial charge on any atom is -0.374 e. The van der Waals surface area contributed by atoms with Crippen LogP contribution in [0.1, 0.15) is 5.69 Å². The summed E-state index contributed by atoms with van der Waals surface area (Å²) in [6.07, 6.45) is 0. The van der Waals surface area contributed by atoms with E-state index in [1.54, 1.807) is 6.07 Å². The maximum absolute atomic E-state index is 11.6. The second-order valence-corrected chi connectivity index (χ2v) is 6.89. The van der Waals surface area contributed by atoms with Crippen LogP contribution in [0.5, 0.6) is 0 Å². The Morgan fingerprint density at radius 2 is 1.88 bits per heavy atom. The largest absolute Gasteiger partial charge is 0.374 e. The number of nitrogens with zero attached hydrogens (tertiary/aromatic N) is 2. The van der Waals surface area contributed by atoms with Crippen LogP contribution in [0.3, 0.4) is 0 Å². The lowest BCUT2D eigenvalue weighted by Gasteiger charge is -2.07. The number of nitro groups is 1. The van der Waals surface area contributed by atoms with Gasteiger partial charge in [-0.1, -0.05) is 41.6 Å². The van der Waals surface area contributed by atoms with Crippen LogP contribution in [-0.2, 0) is 16.6 Å². The smallest absolute Gasteiger partial charge is 0.312 e. The number of nitrogens with two attached hydrogens (primary N) is 1. The summed E-state index contributed by atoms with van der Waals surface area (Å²) in [7, 11) is -4.23. The summed E-state index contributed by atoms with van der Waals surface area (Å²) in [4.78, 5) is 9.95. The zero-order chi connectivity index (χ0) is 18.7. The van der Waals surface area contributed by atoms with Crippen LogP contribution in [0.2, 0.25) is 0 Å². The molecule has 9 nitrogen and oxygen atoms in total. The van der Waals surface area contributed by atoms with E-state index in [-0.39, 0.29) is 12.2 Å². The van der Waals surface area contributed by atoms with Gasteiger partial charge in [0.15, 0.2) is 10.7 Å². The van der Waals surface area contributed by atoms with E-state index in [0.717, 1.165) is 11.6 Å². The normalized spacial score (nSPS) is 11.3. The average molecular weight is 374 g/mol. The number of benzene rings is 2. The summed E-state index contributed by atoms with van der Waals surface area (Å²) < 4.78 is 28.4. The van der Waals surface area contributed by atoms with Gasteiger partial charge in [0.1, 0.15) is 11.4 Å². The number of aromatic nitrogens is 1. The maximum atomic E-state index is 11.6. The van der Waals surface area contributed by atoms with E-state index in [2.05, 4.69) is 10.5 Å². The van der Waals surface area contributed by atoms with Gasteiger partial charge in [-0.15, -0.1) is 0 Å². The van der Waals surface area contributed by atoms with Gasteiger partial charge in [0.05, 0.1) is 11.5 Å². The molecule has 0 aliphatic rings. The van der Waals surface area contributed by atoms with Crippen molar-refractivity contribution in [1.29, 1.82) is 0 Å². The van der Waals surface area contributed by atoms with Crippen LogP contribution in [0.4, 0.5) is 11.4 Å². The Hall–Kier alpha value is -3.24. The fourth-order valence-electron chi connectivity index (χ4n) is 2.40. The third kappa shape index (κ3) is 3.71. The number of nitro benzene ring substituents is 1. The van der Waals surface area contributed by atoms with Crippen molar-refractivity contribution in [3.63, 3.8) is 0 Å². The van der Waals surface area contributed by atoms with Crippen LogP contribution < -0.4 is 10.5 Å². The quantitative estimate of drug-likeness (QED) is 0.498. The number of sulfonamides is 1. The topological polar surface area (TPSA) is 141 Å².